The summed E-state index contributed by atoms with van der Waals surface area (Å²) >= 11 is 0. The Kier molecular flexibility index (Phi) is 7.81. The molecule has 2 heterocycles. The van der Waals surface area contributed by atoms with Crippen LogP contribution in [0.3, 0.4) is 0 Å². The zero-order valence-corrected chi connectivity index (χ0v) is 24.8. The molecule has 2 aromatic heterocycles. The predicted octanol–water partition coefficient (Wildman–Crippen LogP) is 4.49. The fourth-order valence-electron chi connectivity index (χ4n) is 4.50. The Bertz CT molecular complexity index is 1870. The number of fused-ring (bicyclic) bond motifs is 1. The summed E-state index contributed by atoms with van der Waals surface area (Å²) < 4.78 is 30.7. The number of nitrogens with one attached hydrogen (secondary N) is 1. The Morgan fingerprint density at radius 1 is 0.952 bits per heavy atom. The molecule has 42 heavy (non-hydrogen) atoms. The van der Waals surface area contributed by atoms with Crippen molar-refractivity contribution in [3.63, 3.8) is 0 Å². The molecule has 1 amide bonds. The normalized spacial score (nSPS) is 11.4. The molecule has 0 saturated carbocycles. The molecule has 0 saturated heterocycles. The van der Waals surface area contributed by atoms with E-state index in [-0.39, 0.29) is 17.2 Å². The van der Waals surface area contributed by atoms with E-state index in [0.717, 1.165) is 28.0 Å². The number of sulfone groups is 1. The van der Waals surface area contributed by atoms with E-state index in [4.69, 9.17) is 9.72 Å². The number of hydrogen-bond donors (Lipinski definition) is 1. The highest BCUT2D eigenvalue weighted by atomic mass is 32.2. The monoisotopic (exact) mass is 585 g/mol. The molecule has 11 nitrogen and oxygen atoms in total. The summed E-state index contributed by atoms with van der Waals surface area (Å²) in [7, 11) is 3.88. The first-order chi connectivity index (χ1) is 20.0. The summed E-state index contributed by atoms with van der Waals surface area (Å²) in [6.07, 6.45) is 3.04. The molecule has 0 aliphatic heterocycles. The molecule has 0 aliphatic carbocycles. The predicted molar refractivity (Wildman–Crippen MR) is 164 cm³/mol. The Balaban J connectivity index is 1.34. The fourth-order valence-corrected chi connectivity index (χ4v) is 5.13. The van der Waals surface area contributed by atoms with E-state index in [1.807, 2.05) is 73.1 Å². The second-order valence-electron chi connectivity index (χ2n) is 9.84. The summed E-state index contributed by atoms with van der Waals surface area (Å²) in [6.45, 7) is 0. The van der Waals surface area contributed by atoms with Crippen molar-refractivity contribution in [1.29, 1.82) is 0 Å². The molecule has 216 valence electrons. The number of carbonyl (C=O) groups is 1. The maximum absolute atomic E-state index is 12.8. The zero-order chi connectivity index (χ0) is 30.0. The Labute approximate surface area is 244 Å². The number of amides is 1. The summed E-state index contributed by atoms with van der Waals surface area (Å²) in [5.74, 6) is 2.08. The van der Waals surface area contributed by atoms with Gasteiger partial charge in [0.15, 0.2) is 9.84 Å². The largest absolute Gasteiger partial charge is 0.497 e. The Hall–Kier alpha value is -4.97. The van der Waals surface area contributed by atoms with Crippen LogP contribution in [0.4, 0.5) is 29.1 Å². The first-order valence-corrected chi connectivity index (χ1v) is 14.9. The summed E-state index contributed by atoms with van der Waals surface area (Å²) in [5, 5.41) is 2.91. The van der Waals surface area contributed by atoms with E-state index in [9.17, 15) is 13.2 Å². The molecule has 0 bridgehead atoms. The van der Waals surface area contributed by atoms with Gasteiger partial charge in [0.05, 0.1) is 29.5 Å². The van der Waals surface area contributed by atoms with Gasteiger partial charge in [-0.25, -0.2) is 18.4 Å². The van der Waals surface area contributed by atoms with E-state index in [0.29, 0.717) is 23.5 Å². The second kappa shape index (κ2) is 11.5. The van der Waals surface area contributed by atoms with Gasteiger partial charge in [0.25, 0.3) is 0 Å². The van der Waals surface area contributed by atoms with E-state index in [2.05, 4.69) is 15.3 Å². The van der Waals surface area contributed by atoms with Crippen LogP contribution in [0.25, 0.3) is 11.0 Å². The van der Waals surface area contributed by atoms with Crippen LogP contribution in [0.1, 0.15) is 5.56 Å². The minimum absolute atomic E-state index is 0.178. The molecule has 5 aromatic rings. The third-order valence-corrected chi connectivity index (χ3v) is 8.05. The van der Waals surface area contributed by atoms with Gasteiger partial charge in [-0.2, -0.15) is 4.98 Å². The lowest BCUT2D eigenvalue weighted by atomic mass is 10.1. The summed E-state index contributed by atoms with van der Waals surface area (Å²) in [4.78, 5) is 30.5. The highest BCUT2D eigenvalue weighted by Crippen LogP contribution is 2.29. The minimum atomic E-state index is -3.28. The van der Waals surface area contributed by atoms with E-state index < -0.39 is 9.84 Å². The lowest BCUT2D eigenvalue weighted by Crippen LogP contribution is -2.17. The average Bonchev–Trinajstić information content (AvgIpc) is 3.29. The van der Waals surface area contributed by atoms with Gasteiger partial charge in [0, 0.05) is 45.0 Å². The van der Waals surface area contributed by atoms with Gasteiger partial charge >= 0.3 is 0 Å². The quantitative estimate of drug-likeness (QED) is 0.267. The fraction of sp³-hybridized carbons (Fsp3) is 0.200. The molecule has 1 N–H and O–H groups in total. The molecule has 12 heteroatoms. The van der Waals surface area contributed by atoms with Crippen LogP contribution in [0.5, 0.6) is 5.75 Å². The molecule has 0 spiro atoms. The van der Waals surface area contributed by atoms with Crippen molar-refractivity contribution in [2.75, 3.05) is 42.6 Å². The highest BCUT2D eigenvalue weighted by Gasteiger charge is 2.16. The molecule has 0 unspecified atom stereocenters. The third kappa shape index (κ3) is 6.03. The van der Waals surface area contributed by atoms with Crippen molar-refractivity contribution < 1.29 is 17.9 Å². The summed E-state index contributed by atoms with van der Waals surface area (Å²) in [6, 6.07) is 21.6. The second-order valence-corrected chi connectivity index (χ2v) is 11.9. The van der Waals surface area contributed by atoms with Gasteiger partial charge in [-0.1, -0.05) is 12.1 Å². The van der Waals surface area contributed by atoms with Gasteiger partial charge in [-0.15, -0.1) is 0 Å². The smallest absolute Gasteiger partial charge is 0.231 e. The zero-order valence-electron chi connectivity index (χ0n) is 23.9. The molecule has 0 radical (unpaired) electrons. The van der Waals surface area contributed by atoms with Crippen molar-refractivity contribution in [3.05, 3.63) is 84.6 Å². The number of hydrogen-bond acceptors (Lipinski definition) is 9. The number of aryl methyl sites for hydroxylation is 1. The molecule has 0 aliphatic rings. The number of ether oxygens (including phenoxy) is 1. The topological polar surface area (TPSA) is 123 Å². The van der Waals surface area contributed by atoms with E-state index >= 15 is 0 Å². The maximum atomic E-state index is 12.8. The molecule has 0 atom stereocenters. The third-order valence-electron chi connectivity index (χ3n) is 6.93. The van der Waals surface area contributed by atoms with Gasteiger partial charge in [-0.05, 0) is 66.2 Å². The van der Waals surface area contributed by atoms with E-state index in [1.165, 1.54) is 6.26 Å². The van der Waals surface area contributed by atoms with Crippen LogP contribution >= 0.6 is 0 Å². The molecular formula is C30H31N7O4S. The molecule has 0 fully saturated rings. The van der Waals surface area contributed by atoms with Crippen molar-refractivity contribution in [3.8, 4) is 5.75 Å². The number of imidazole rings is 1. The number of benzene rings is 3. The van der Waals surface area contributed by atoms with Gasteiger partial charge in [-0.3, -0.25) is 10.1 Å². The Morgan fingerprint density at radius 2 is 1.69 bits per heavy atom. The van der Waals surface area contributed by atoms with Crippen molar-refractivity contribution in [2.24, 2.45) is 7.05 Å². The minimum Gasteiger partial charge on any atom is -0.497 e. The maximum Gasteiger partial charge on any atom is 0.231 e. The standard InChI is InChI=1S/C30H31N7O4S/c1-35(27-15-16-31-29(33-27)36(2)21-9-12-24(13-10-21)42(5,39)40)22-11-14-26-25(19-22)32-30(37(26)3)34-28(38)18-20-7-6-8-23(17-20)41-4/h6-17,19H,18H2,1-5H3,(H,32,34,38). The van der Waals surface area contributed by atoms with Crippen molar-refractivity contribution in [1.82, 2.24) is 19.5 Å². The molecule has 3 aromatic carbocycles. The van der Waals surface area contributed by atoms with Crippen LogP contribution in [0, 0.1) is 0 Å². The number of carbonyl (C=O) groups excluding carboxylic acids is 1. The lowest BCUT2D eigenvalue weighted by Gasteiger charge is -2.22. The van der Waals surface area contributed by atoms with Crippen molar-refractivity contribution >= 4 is 55.9 Å². The van der Waals surface area contributed by atoms with Crippen LogP contribution in [-0.4, -0.2) is 61.3 Å². The molecular weight excluding hydrogens is 554 g/mol. The SMILES string of the molecule is COc1cccc(CC(=O)Nc2nc3cc(N(C)c4ccnc(N(C)c5ccc(S(C)(=O)=O)cc5)n4)ccc3n2C)c1. The number of aromatic nitrogens is 4. The lowest BCUT2D eigenvalue weighted by molar-refractivity contribution is -0.115. The van der Waals surface area contributed by atoms with Crippen LogP contribution in [0.15, 0.2) is 83.9 Å². The van der Waals surface area contributed by atoms with Crippen LogP contribution < -0.4 is 19.9 Å². The van der Waals surface area contributed by atoms with Crippen molar-refractivity contribution in [2.45, 2.75) is 11.3 Å². The van der Waals surface area contributed by atoms with Crippen LogP contribution in [0.2, 0.25) is 0 Å². The molecule has 5 rings (SSSR count). The first kappa shape index (κ1) is 28.6. The van der Waals surface area contributed by atoms with Gasteiger partial charge in [0.2, 0.25) is 17.8 Å². The average molecular weight is 586 g/mol. The highest BCUT2D eigenvalue weighted by molar-refractivity contribution is 7.90. The number of nitrogens with zero attached hydrogens (tertiary/aromatic N) is 6. The van der Waals surface area contributed by atoms with E-state index in [1.54, 1.807) is 48.5 Å². The Morgan fingerprint density at radius 3 is 2.40 bits per heavy atom. The summed E-state index contributed by atoms with van der Waals surface area (Å²) in [5.41, 5.74) is 4.02. The van der Waals surface area contributed by atoms with Gasteiger partial charge < -0.3 is 19.1 Å². The van der Waals surface area contributed by atoms with Crippen LogP contribution in [-0.2, 0) is 28.1 Å². The first-order valence-electron chi connectivity index (χ1n) is 13.0. The number of methoxy groups -OCH3 is 1. The van der Waals surface area contributed by atoms with Gasteiger partial charge in [0.1, 0.15) is 11.6 Å². The number of anilines is 5. The number of rotatable bonds is 9.